The van der Waals surface area contributed by atoms with Crippen LogP contribution < -0.4 is 5.32 Å². The molecular weight excluding hydrogens is 380 g/mol. The topological polar surface area (TPSA) is 75.7 Å². The Labute approximate surface area is 169 Å². The van der Waals surface area contributed by atoms with Crippen molar-refractivity contribution in [1.82, 2.24) is 4.90 Å². The number of halogens is 1. The van der Waals surface area contributed by atoms with E-state index in [0.29, 0.717) is 22.2 Å². The molecule has 0 aromatic heterocycles. The number of nitrogens with zero attached hydrogens (tertiary/aromatic N) is 1. The zero-order chi connectivity index (χ0) is 20.7. The standard InChI is InChI=1S/C21H23ClN2O4/c1-14(2)15-8-10-16(11-9-15)21(27)28-13-20(26)24(3)12-19(25)23-18-7-5-4-6-17(18)22/h4-11,14H,12-13H2,1-3H3,(H,23,25). The number of esters is 1. The molecule has 28 heavy (non-hydrogen) atoms. The fourth-order valence-corrected chi connectivity index (χ4v) is 2.56. The smallest absolute Gasteiger partial charge is 0.338 e. The lowest BCUT2D eigenvalue weighted by Gasteiger charge is -2.17. The summed E-state index contributed by atoms with van der Waals surface area (Å²) in [6.45, 7) is 3.48. The van der Waals surface area contributed by atoms with Gasteiger partial charge in [0.05, 0.1) is 22.8 Å². The molecule has 2 amide bonds. The first-order valence-electron chi connectivity index (χ1n) is 8.83. The average Bonchev–Trinajstić information content (AvgIpc) is 2.67. The molecule has 0 saturated heterocycles. The number of para-hydroxylation sites is 1. The molecule has 148 valence electrons. The van der Waals surface area contributed by atoms with Crippen LogP contribution in [0.15, 0.2) is 48.5 Å². The van der Waals surface area contributed by atoms with E-state index in [1.165, 1.54) is 11.9 Å². The lowest BCUT2D eigenvalue weighted by Crippen LogP contribution is -2.37. The highest BCUT2D eigenvalue weighted by Crippen LogP contribution is 2.20. The Balaban J connectivity index is 1.82. The molecular formula is C21H23ClN2O4. The molecule has 0 fully saturated rings. The molecule has 0 radical (unpaired) electrons. The Bertz CT molecular complexity index is 850. The van der Waals surface area contributed by atoms with E-state index in [4.69, 9.17) is 16.3 Å². The minimum absolute atomic E-state index is 0.190. The van der Waals surface area contributed by atoms with E-state index >= 15 is 0 Å². The zero-order valence-electron chi connectivity index (χ0n) is 16.1. The van der Waals surface area contributed by atoms with Crippen molar-refractivity contribution in [2.24, 2.45) is 0 Å². The summed E-state index contributed by atoms with van der Waals surface area (Å²) in [7, 11) is 1.46. The van der Waals surface area contributed by atoms with Crippen LogP contribution in [0.25, 0.3) is 0 Å². The van der Waals surface area contributed by atoms with E-state index < -0.39 is 24.4 Å². The Morgan fingerprint density at radius 3 is 2.32 bits per heavy atom. The number of likely N-dealkylation sites (N-methyl/N-ethyl adjacent to an activating group) is 1. The summed E-state index contributed by atoms with van der Waals surface area (Å²) >= 11 is 5.98. The summed E-state index contributed by atoms with van der Waals surface area (Å²) in [6, 6.07) is 13.9. The molecule has 2 aromatic carbocycles. The van der Waals surface area contributed by atoms with Crippen molar-refractivity contribution in [1.29, 1.82) is 0 Å². The fourth-order valence-electron chi connectivity index (χ4n) is 2.38. The second-order valence-corrected chi connectivity index (χ2v) is 7.04. The molecule has 0 spiro atoms. The highest BCUT2D eigenvalue weighted by molar-refractivity contribution is 6.33. The van der Waals surface area contributed by atoms with Gasteiger partial charge in [-0.25, -0.2) is 4.79 Å². The molecule has 0 heterocycles. The van der Waals surface area contributed by atoms with Crippen LogP contribution in [0.1, 0.15) is 35.7 Å². The van der Waals surface area contributed by atoms with Gasteiger partial charge in [0, 0.05) is 7.05 Å². The molecule has 0 atom stereocenters. The molecule has 0 unspecified atom stereocenters. The number of carbonyl (C=O) groups is 3. The third-order valence-corrected chi connectivity index (χ3v) is 4.42. The highest BCUT2D eigenvalue weighted by Gasteiger charge is 2.16. The molecule has 2 aromatic rings. The van der Waals surface area contributed by atoms with Crippen LogP contribution >= 0.6 is 11.6 Å². The number of rotatable bonds is 7. The SMILES string of the molecule is CC(C)c1ccc(C(=O)OCC(=O)N(C)CC(=O)Nc2ccccc2Cl)cc1. The normalized spacial score (nSPS) is 10.5. The largest absolute Gasteiger partial charge is 0.452 e. The van der Waals surface area contributed by atoms with Crippen molar-refractivity contribution < 1.29 is 19.1 Å². The Kier molecular flexibility index (Phi) is 7.58. The van der Waals surface area contributed by atoms with Gasteiger partial charge in [0.2, 0.25) is 5.91 Å². The number of anilines is 1. The maximum atomic E-state index is 12.1. The molecule has 7 heteroatoms. The van der Waals surface area contributed by atoms with E-state index in [1.807, 2.05) is 12.1 Å². The number of ether oxygens (including phenoxy) is 1. The van der Waals surface area contributed by atoms with Crippen molar-refractivity contribution in [3.8, 4) is 0 Å². The minimum Gasteiger partial charge on any atom is -0.452 e. The second-order valence-electron chi connectivity index (χ2n) is 6.63. The number of carbonyl (C=O) groups excluding carboxylic acids is 3. The predicted molar refractivity (Wildman–Crippen MR) is 109 cm³/mol. The number of nitrogens with one attached hydrogen (secondary N) is 1. The summed E-state index contributed by atoms with van der Waals surface area (Å²) in [5, 5.41) is 3.03. The van der Waals surface area contributed by atoms with Gasteiger partial charge in [-0.1, -0.05) is 49.7 Å². The first kappa shape index (κ1) is 21.4. The third kappa shape index (κ3) is 6.09. The minimum atomic E-state index is -0.586. The van der Waals surface area contributed by atoms with Crippen molar-refractivity contribution in [3.05, 3.63) is 64.7 Å². The molecule has 0 saturated carbocycles. The van der Waals surface area contributed by atoms with Crippen LogP contribution in [-0.2, 0) is 14.3 Å². The first-order chi connectivity index (χ1) is 13.3. The van der Waals surface area contributed by atoms with Gasteiger partial charge in [-0.2, -0.15) is 0 Å². The van der Waals surface area contributed by atoms with E-state index in [-0.39, 0.29) is 6.54 Å². The molecule has 0 bridgehead atoms. The second kappa shape index (κ2) is 9.90. The van der Waals surface area contributed by atoms with Crippen molar-refractivity contribution in [2.75, 3.05) is 25.5 Å². The fraction of sp³-hybridized carbons (Fsp3) is 0.286. The Morgan fingerprint density at radius 1 is 1.07 bits per heavy atom. The predicted octanol–water partition coefficient (Wildman–Crippen LogP) is 3.72. The van der Waals surface area contributed by atoms with Crippen molar-refractivity contribution >= 4 is 35.1 Å². The third-order valence-electron chi connectivity index (χ3n) is 4.09. The summed E-state index contributed by atoms with van der Waals surface area (Å²) < 4.78 is 5.05. The molecule has 2 rings (SSSR count). The number of amides is 2. The molecule has 0 aliphatic heterocycles. The average molecular weight is 403 g/mol. The Morgan fingerprint density at radius 2 is 1.71 bits per heavy atom. The highest BCUT2D eigenvalue weighted by atomic mass is 35.5. The maximum Gasteiger partial charge on any atom is 0.338 e. The number of benzene rings is 2. The number of hydrogen-bond donors (Lipinski definition) is 1. The van der Waals surface area contributed by atoms with Gasteiger partial charge >= 0.3 is 5.97 Å². The van der Waals surface area contributed by atoms with E-state index in [1.54, 1.807) is 36.4 Å². The van der Waals surface area contributed by atoms with Gasteiger partial charge in [0.15, 0.2) is 6.61 Å². The van der Waals surface area contributed by atoms with Gasteiger partial charge in [0.1, 0.15) is 0 Å². The quantitative estimate of drug-likeness (QED) is 0.716. The monoisotopic (exact) mass is 402 g/mol. The van der Waals surface area contributed by atoms with Crippen LogP contribution in [-0.4, -0.2) is 42.9 Å². The number of hydrogen-bond acceptors (Lipinski definition) is 4. The van der Waals surface area contributed by atoms with Crippen molar-refractivity contribution in [2.45, 2.75) is 19.8 Å². The van der Waals surface area contributed by atoms with E-state index in [0.717, 1.165) is 5.56 Å². The van der Waals surface area contributed by atoms with Gasteiger partial charge in [-0.15, -0.1) is 0 Å². The van der Waals surface area contributed by atoms with Crippen LogP contribution in [0, 0.1) is 0 Å². The lowest BCUT2D eigenvalue weighted by atomic mass is 10.0. The molecule has 0 aliphatic carbocycles. The van der Waals surface area contributed by atoms with E-state index in [9.17, 15) is 14.4 Å². The van der Waals surface area contributed by atoms with Crippen LogP contribution in [0.5, 0.6) is 0 Å². The van der Waals surface area contributed by atoms with Crippen LogP contribution in [0.3, 0.4) is 0 Å². The van der Waals surface area contributed by atoms with Gasteiger partial charge in [-0.05, 0) is 35.7 Å². The summed E-state index contributed by atoms with van der Waals surface area (Å²) in [5.74, 6) is -1.12. The zero-order valence-corrected chi connectivity index (χ0v) is 16.8. The summed E-state index contributed by atoms with van der Waals surface area (Å²) in [6.07, 6.45) is 0. The van der Waals surface area contributed by atoms with Crippen LogP contribution in [0.4, 0.5) is 5.69 Å². The first-order valence-corrected chi connectivity index (χ1v) is 9.21. The Hall–Kier alpha value is -2.86. The molecule has 1 N–H and O–H groups in total. The molecule has 0 aliphatic rings. The summed E-state index contributed by atoms with van der Waals surface area (Å²) in [5.41, 5.74) is 1.94. The van der Waals surface area contributed by atoms with Gasteiger partial charge in [-0.3, -0.25) is 9.59 Å². The molecule has 6 nitrogen and oxygen atoms in total. The van der Waals surface area contributed by atoms with Crippen molar-refractivity contribution in [3.63, 3.8) is 0 Å². The van der Waals surface area contributed by atoms with Crippen LogP contribution in [0.2, 0.25) is 5.02 Å². The van der Waals surface area contributed by atoms with E-state index in [2.05, 4.69) is 19.2 Å². The maximum absolute atomic E-state index is 12.1. The van der Waals surface area contributed by atoms with Gasteiger partial charge < -0.3 is 15.0 Å². The lowest BCUT2D eigenvalue weighted by molar-refractivity contribution is -0.136. The summed E-state index contributed by atoms with van der Waals surface area (Å²) in [4.78, 5) is 37.4. The van der Waals surface area contributed by atoms with Gasteiger partial charge in [0.25, 0.3) is 5.91 Å².